The van der Waals surface area contributed by atoms with Gasteiger partial charge in [0.2, 0.25) is 0 Å². The van der Waals surface area contributed by atoms with Crippen LogP contribution in [-0.4, -0.2) is 18.8 Å². The number of rotatable bonds is 4. The van der Waals surface area contributed by atoms with Crippen LogP contribution in [0.25, 0.3) is 0 Å². The molecule has 0 heterocycles. The van der Waals surface area contributed by atoms with E-state index in [4.69, 9.17) is 10.5 Å². The zero-order valence-corrected chi connectivity index (χ0v) is 11.1. The van der Waals surface area contributed by atoms with E-state index in [0.717, 1.165) is 0 Å². The Morgan fingerprint density at radius 3 is 2.53 bits per heavy atom. The van der Waals surface area contributed by atoms with E-state index in [0.29, 0.717) is 5.56 Å². The summed E-state index contributed by atoms with van der Waals surface area (Å²) in [5.41, 5.74) is 6.07. The van der Waals surface area contributed by atoms with Crippen LogP contribution in [0.5, 0.6) is 5.75 Å². The van der Waals surface area contributed by atoms with Crippen molar-refractivity contribution < 1.29 is 14.2 Å². The van der Waals surface area contributed by atoms with Gasteiger partial charge in [0.05, 0.1) is 7.11 Å². The number of halogens is 2. The van der Waals surface area contributed by atoms with Gasteiger partial charge in [-0.15, -0.1) is 12.4 Å². The van der Waals surface area contributed by atoms with Crippen molar-refractivity contribution in [2.24, 2.45) is 11.1 Å². The summed E-state index contributed by atoms with van der Waals surface area (Å²) in [4.78, 5) is 0. The Balaban J connectivity index is 0.00000256. The van der Waals surface area contributed by atoms with Gasteiger partial charge in [-0.3, -0.25) is 0 Å². The molecule has 0 aliphatic carbocycles. The molecule has 1 atom stereocenters. The lowest BCUT2D eigenvalue weighted by molar-refractivity contribution is 0.131. The third-order valence-corrected chi connectivity index (χ3v) is 2.79. The molecule has 0 fully saturated rings. The van der Waals surface area contributed by atoms with Crippen LogP contribution in [0.2, 0.25) is 0 Å². The summed E-state index contributed by atoms with van der Waals surface area (Å²) in [7, 11) is 1.40. The van der Waals surface area contributed by atoms with Crippen LogP contribution in [0.3, 0.4) is 0 Å². The molecule has 0 saturated heterocycles. The lowest BCUT2D eigenvalue weighted by Gasteiger charge is -2.30. The Labute approximate surface area is 107 Å². The average Bonchev–Trinajstić information content (AvgIpc) is 2.27. The average molecular weight is 264 g/mol. The minimum atomic E-state index is -0.527. The molecule has 0 spiro atoms. The van der Waals surface area contributed by atoms with Crippen molar-refractivity contribution in [2.45, 2.75) is 19.9 Å². The molecule has 98 valence electrons. The molecule has 1 aromatic carbocycles. The molecule has 0 unspecified atom stereocenters. The largest absolute Gasteiger partial charge is 0.493 e. The summed E-state index contributed by atoms with van der Waals surface area (Å²) < 4.78 is 18.5. The SMILES string of the molecule is COc1c(F)cccc1[C@H](N)C(C)(C)CO.Cl. The van der Waals surface area contributed by atoms with Gasteiger partial charge in [0.15, 0.2) is 11.6 Å². The molecule has 0 aliphatic rings. The van der Waals surface area contributed by atoms with Crippen LogP contribution >= 0.6 is 12.4 Å². The third kappa shape index (κ3) is 3.31. The molecular weight excluding hydrogens is 245 g/mol. The molecule has 1 aromatic rings. The Morgan fingerprint density at radius 1 is 1.47 bits per heavy atom. The van der Waals surface area contributed by atoms with Gasteiger partial charge >= 0.3 is 0 Å². The second kappa shape index (κ2) is 6.19. The highest BCUT2D eigenvalue weighted by Crippen LogP contribution is 2.36. The number of para-hydroxylation sites is 1. The Bertz CT molecular complexity index is 372. The monoisotopic (exact) mass is 263 g/mol. The number of nitrogens with two attached hydrogens (primary N) is 1. The van der Waals surface area contributed by atoms with E-state index in [1.54, 1.807) is 12.1 Å². The number of hydrogen-bond donors (Lipinski definition) is 2. The first-order valence-electron chi connectivity index (χ1n) is 5.13. The topological polar surface area (TPSA) is 55.5 Å². The zero-order chi connectivity index (χ0) is 12.3. The van der Waals surface area contributed by atoms with Gasteiger partial charge in [-0.1, -0.05) is 26.0 Å². The lowest BCUT2D eigenvalue weighted by Crippen LogP contribution is -2.32. The molecule has 0 bridgehead atoms. The van der Waals surface area contributed by atoms with E-state index in [1.807, 2.05) is 13.8 Å². The number of ether oxygens (including phenoxy) is 1. The van der Waals surface area contributed by atoms with Gasteiger partial charge in [-0.05, 0) is 6.07 Å². The highest BCUT2D eigenvalue weighted by molar-refractivity contribution is 5.85. The fraction of sp³-hybridized carbons (Fsp3) is 0.500. The maximum absolute atomic E-state index is 13.5. The highest BCUT2D eigenvalue weighted by Gasteiger charge is 2.29. The Morgan fingerprint density at radius 2 is 2.06 bits per heavy atom. The molecule has 1 rings (SSSR count). The van der Waals surface area contributed by atoms with Crippen molar-refractivity contribution in [1.29, 1.82) is 0 Å². The van der Waals surface area contributed by atoms with Crippen molar-refractivity contribution in [3.05, 3.63) is 29.6 Å². The molecule has 3 N–H and O–H groups in total. The molecule has 0 aromatic heterocycles. The van der Waals surface area contributed by atoms with Gasteiger partial charge in [0.25, 0.3) is 0 Å². The van der Waals surface area contributed by atoms with Gasteiger partial charge in [-0.25, -0.2) is 4.39 Å². The fourth-order valence-electron chi connectivity index (χ4n) is 1.51. The first kappa shape index (κ1) is 16.2. The van der Waals surface area contributed by atoms with Crippen molar-refractivity contribution in [3.63, 3.8) is 0 Å². The number of aliphatic hydroxyl groups is 1. The normalized spacial score (nSPS) is 12.8. The first-order chi connectivity index (χ1) is 7.44. The Kier molecular flexibility index (Phi) is 5.88. The molecule has 3 nitrogen and oxygen atoms in total. The van der Waals surface area contributed by atoms with Gasteiger partial charge in [-0.2, -0.15) is 0 Å². The third-order valence-electron chi connectivity index (χ3n) is 2.79. The minimum absolute atomic E-state index is 0. The molecule has 17 heavy (non-hydrogen) atoms. The second-order valence-corrected chi connectivity index (χ2v) is 4.49. The predicted molar refractivity (Wildman–Crippen MR) is 68.0 cm³/mol. The van der Waals surface area contributed by atoms with Crippen molar-refractivity contribution in [1.82, 2.24) is 0 Å². The molecule has 0 aliphatic heterocycles. The number of aliphatic hydroxyl groups excluding tert-OH is 1. The van der Waals surface area contributed by atoms with E-state index in [9.17, 15) is 9.50 Å². The second-order valence-electron chi connectivity index (χ2n) is 4.49. The predicted octanol–water partition coefficient (Wildman–Crippen LogP) is 2.27. The number of benzene rings is 1. The highest BCUT2D eigenvalue weighted by atomic mass is 35.5. The maximum Gasteiger partial charge on any atom is 0.165 e. The van der Waals surface area contributed by atoms with Crippen LogP contribution in [0, 0.1) is 11.2 Å². The van der Waals surface area contributed by atoms with E-state index in [2.05, 4.69) is 0 Å². The smallest absolute Gasteiger partial charge is 0.165 e. The molecule has 0 amide bonds. The fourth-order valence-corrected chi connectivity index (χ4v) is 1.51. The van der Waals surface area contributed by atoms with E-state index in [-0.39, 0.29) is 24.8 Å². The van der Waals surface area contributed by atoms with E-state index < -0.39 is 17.3 Å². The quantitative estimate of drug-likeness (QED) is 0.876. The summed E-state index contributed by atoms with van der Waals surface area (Å²) in [6.07, 6.45) is 0. The van der Waals surface area contributed by atoms with Crippen molar-refractivity contribution in [2.75, 3.05) is 13.7 Å². The van der Waals surface area contributed by atoms with Crippen LogP contribution in [0.15, 0.2) is 18.2 Å². The summed E-state index contributed by atoms with van der Waals surface area (Å²) in [6.45, 7) is 3.57. The Hall–Kier alpha value is -0.840. The van der Waals surface area contributed by atoms with Crippen molar-refractivity contribution >= 4 is 12.4 Å². The summed E-state index contributed by atoms with van der Waals surface area (Å²) >= 11 is 0. The van der Waals surface area contributed by atoms with E-state index in [1.165, 1.54) is 13.2 Å². The summed E-state index contributed by atoms with van der Waals surface area (Å²) in [5, 5.41) is 9.24. The maximum atomic E-state index is 13.5. The van der Waals surface area contributed by atoms with Crippen LogP contribution in [-0.2, 0) is 0 Å². The molecular formula is C12H19ClFNO2. The first-order valence-corrected chi connectivity index (χ1v) is 5.13. The van der Waals surface area contributed by atoms with Crippen molar-refractivity contribution in [3.8, 4) is 5.75 Å². The lowest BCUT2D eigenvalue weighted by atomic mass is 9.81. The van der Waals surface area contributed by atoms with E-state index >= 15 is 0 Å². The molecule has 0 saturated carbocycles. The van der Waals surface area contributed by atoms with Gasteiger partial charge in [0.1, 0.15) is 0 Å². The molecule has 0 radical (unpaired) electrons. The van der Waals surface area contributed by atoms with Crippen LogP contribution < -0.4 is 10.5 Å². The van der Waals surface area contributed by atoms with Gasteiger partial charge in [0, 0.05) is 23.6 Å². The zero-order valence-electron chi connectivity index (χ0n) is 10.2. The van der Waals surface area contributed by atoms with Crippen LogP contribution in [0.1, 0.15) is 25.5 Å². The standard InChI is InChI=1S/C12H18FNO2.ClH/c1-12(2,7-15)11(14)8-5-4-6-9(13)10(8)16-3;/h4-6,11,15H,7,14H2,1-3H3;1H/t11-;/m0./s1. The number of hydrogen-bond acceptors (Lipinski definition) is 3. The number of methoxy groups -OCH3 is 1. The van der Waals surface area contributed by atoms with Gasteiger partial charge < -0.3 is 15.6 Å². The minimum Gasteiger partial charge on any atom is -0.493 e. The molecule has 5 heteroatoms. The summed E-state index contributed by atoms with van der Waals surface area (Å²) in [5.74, 6) is -0.291. The van der Waals surface area contributed by atoms with Crippen LogP contribution in [0.4, 0.5) is 4.39 Å². The summed E-state index contributed by atoms with van der Waals surface area (Å²) in [6, 6.07) is 4.13.